The average molecular weight is 368 g/mol. The molecule has 0 atom stereocenters. The quantitative estimate of drug-likeness (QED) is 0.702. The Bertz CT molecular complexity index is 1030. The molecule has 1 amide bonds. The van der Waals surface area contributed by atoms with Crippen molar-refractivity contribution in [2.75, 3.05) is 13.2 Å². The van der Waals surface area contributed by atoms with Crippen LogP contribution in [0.15, 0.2) is 53.3 Å². The lowest BCUT2D eigenvalue weighted by molar-refractivity contribution is 0.0731. The van der Waals surface area contributed by atoms with Gasteiger partial charge in [-0.1, -0.05) is 18.2 Å². The normalized spacial score (nSPS) is 10.9. The minimum absolute atomic E-state index is 0.0779. The Kier molecular flexibility index (Phi) is 5.66. The predicted molar refractivity (Wildman–Crippen MR) is 102 cm³/mol. The van der Waals surface area contributed by atoms with Gasteiger partial charge >= 0.3 is 0 Å². The fourth-order valence-corrected chi connectivity index (χ4v) is 3.00. The van der Waals surface area contributed by atoms with Crippen LogP contribution in [0.3, 0.4) is 0 Å². The summed E-state index contributed by atoms with van der Waals surface area (Å²) in [6.07, 6.45) is 0.367. The predicted octanol–water partition coefficient (Wildman–Crippen LogP) is 3.00. The highest BCUT2D eigenvalue weighted by molar-refractivity contribution is 5.94. The number of halogens is 1. The molecular weight excluding hydrogens is 347 g/mol. The van der Waals surface area contributed by atoms with Crippen LogP contribution >= 0.6 is 0 Å². The van der Waals surface area contributed by atoms with Crippen molar-refractivity contribution < 1.29 is 14.3 Å². The number of benzene rings is 2. The standard InChI is InChI=1S/C21H21FN2O3/c1-14-6-7-15-11-17(20(26)23-19(15)10-14)13-24(8-3-9-25)21(27)16-4-2-5-18(22)12-16/h2,4-7,10-12,25H,3,8-9,13H2,1H3,(H,23,26). The maximum absolute atomic E-state index is 13.5. The van der Waals surface area contributed by atoms with Crippen LogP contribution in [0.2, 0.25) is 0 Å². The van der Waals surface area contributed by atoms with Crippen LogP contribution in [0.25, 0.3) is 10.9 Å². The van der Waals surface area contributed by atoms with Crippen LogP contribution in [-0.2, 0) is 6.54 Å². The molecule has 0 aliphatic rings. The number of aryl methyl sites for hydroxylation is 1. The van der Waals surface area contributed by atoms with Gasteiger partial charge in [-0.05, 0) is 54.6 Å². The molecule has 0 radical (unpaired) electrons. The molecule has 0 fully saturated rings. The first-order valence-corrected chi connectivity index (χ1v) is 8.76. The van der Waals surface area contributed by atoms with Gasteiger partial charge in [0.1, 0.15) is 5.82 Å². The fourth-order valence-electron chi connectivity index (χ4n) is 3.00. The molecule has 2 aromatic carbocycles. The Morgan fingerprint density at radius 2 is 2.00 bits per heavy atom. The second-order valence-electron chi connectivity index (χ2n) is 6.53. The maximum atomic E-state index is 13.5. The highest BCUT2D eigenvalue weighted by Gasteiger charge is 2.18. The van der Waals surface area contributed by atoms with Crippen LogP contribution in [0.1, 0.15) is 27.9 Å². The monoisotopic (exact) mass is 368 g/mol. The van der Waals surface area contributed by atoms with Gasteiger partial charge in [0.2, 0.25) is 0 Å². The van der Waals surface area contributed by atoms with E-state index in [0.717, 1.165) is 16.5 Å². The zero-order valence-corrected chi connectivity index (χ0v) is 15.0. The Balaban J connectivity index is 1.93. The van der Waals surface area contributed by atoms with Crippen molar-refractivity contribution in [3.8, 4) is 0 Å². The van der Waals surface area contributed by atoms with Crippen molar-refractivity contribution in [1.29, 1.82) is 0 Å². The number of pyridine rings is 1. The van der Waals surface area contributed by atoms with E-state index in [1.54, 1.807) is 6.07 Å². The third kappa shape index (κ3) is 4.41. The second-order valence-corrected chi connectivity index (χ2v) is 6.53. The van der Waals surface area contributed by atoms with Gasteiger partial charge in [-0.2, -0.15) is 0 Å². The number of aliphatic hydroxyl groups is 1. The van der Waals surface area contributed by atoms with E-state index in [0.29, 0.717) is 12.0 Å². The fraction of sp³-hybridized carbons (Fsp3) is 0.238. The Hall–Kier alpha value is -2.99. The van der Waals surface area contributed by atoms with Crippen molar-refractivity contribution in [2.24, 2.45) is 0 Å². The molecule has 6 heteroatoms. The van der Waals surface area contributed by atoms with Gasteiger partial charge in [-0.25, -0.2) is 4.39 Å². The van der Waals surface area contributed by atoms with Gasteiger partial charge in [0, 0.05) is 29.8 Å². The lowest BCUT2D eigenvalue weighted by Crippen LogP contribution is -2.34. The SMILES string of the molecule is Cc1ccc2cc(CN(CCCO)C(=O)c3cccc(F)c3)c(=O)[nH]c2c1. The summed E-state index contributed by atoms with van der Waals surface area (Å²) in [6, 6.07) is 13.0. The Labute approximate surface area is 156 Å². The topological polar surface area (TPSA) is 73.4 Å². The summed E-state index contributed by atoms with van der Waals surface area (Å²) in [5, 5.41) is 10.0. The summed E-state index contributed by atoms with van der Waals surface area (Å²) in [5.74, 6) is -0.881. The summed E-state index contributed by atoms with van der Waals surface area (Å²) in [6.45, 7) is 2.20. The molecule has 1 aromatic heterocycles. The minimum atomic E-state index is -0.498. The molecule has 0 saturated heterocycles. The van der Waals surface area contributed by atoms with Crippen molar-refractivity contribution in [2.45, 2.75) is 19.9 Å². The molecule has 27 heavy (non-hydrogen) atoms. The Morgan fingerprint density at radius 3 is 2.74 bits per heavy atom. The minimum Gasteiger partial charge on any atom is -0.396 e. The van der Waals surface area contributed by atoms with Crippen LogP contribution in [0, 0.1) is 12.7 Å². The number of aromatic amines is 1. The second kappa shape index (κ2) is 8.14. The van der Waals surface area contributed by atoms with Crippen molar-refractivity contribution >= 4 is 16.8 Å². The highest BCUT2D eigenvalue weighted by atomic mass is 19.1. The molecule has 0 spiro atoms. The molecule has 3 rings (SSSR count). The lowest BCUT2D eigenvalue weighted by Gasteiger charge is -2.22. The number of hydrogen-bond acceptors (Lipinski definition) is 3. The van der Waals surface area contributed by atoms with Crippen molar-refractivity contribution in [3.05, 3.63) is 81.4 Å². The van der Waals surface area contributed by atoms with E-state index in [2.05, 4.69) is 4.98 Å². The number of amides is 1. The molecule has 0 aliphatic carbocycles. The Morgan fingerprint density at radius 1 is 1.19 bits per heavy atom. The third-order valence-corrected chi connectivity index (χ3v) is 4.38. The van der Waals surface area contributed by atoms with Crippen molar-refractivity contribution in [3.63, 3.8) is 0 Å². The number of fused-ring (bicyclic) bond motifs is 1. The molecule has 140 valence electrons. The molecule has 1 heterocycles. The summed E-state index contributed by atoms with van der Waals surface area (Å²) < 4.78 is 13.5. The van der Waals surface area contributed by atoms with Crippen LogP contribution < -0.4 is 5.56 Å². The van der Waals surface area contributed by atoms with Gasteiger partial charge in [-0.15, -0.1) is 0 Å². The molecule has 0 unspecified atom stereocenters. The molecule has 0 bridgehead atoms. The zero-order valence-electron chi connectivity index (χ0n) is 15.0. The number of H-pyrrole nitrogens is 1. The molecular formula is C21H21FN2O3. The number of hydrogen-bond donors (Lipinski definition) is 2. The molecule has 0 saturated carbocycles. The number of carbonyl (C=O) groups is 1. The first-order valence-electron chi connectivity index (χ1n) is 8.76. The van der Waals surface area contributed by atoms with E-state index >= 15 is 0 Å². The number of aliphatic hydroxyl groups excluding tert-OH is 1. The highest BCUT2D eigenvalue weighted by Crippen LogP contribution is 2.15. The number of carbonyl (C=O) groups excluding carboxylic acids is 1. The summed E-state index contributed by atoms with van der Waals surface area (Å²) in [7, 11) is 0. The van der Waals surface area contributed by atoms with Crippen molar-refractivity contribution in [1.82, 2.24) is 9.88 Å². The number of rotatable bonds is 6. The molecule has 3 aromatic rings. The molecule has 2 N–H and O–H groups in total. The third-order valence-electron chi connectivity index (χ3n) is 4.38. The summed E-state index contributed by atoms with van der Waals surface area (Å²) in [5.41, 5.74) is 2.16. The van der Waals surface area contributed by atoms with Gasteiger partial charge in [0.15, 0.2) is 0 Å². The summed E-state index contributed by atoms with van der Waals surface area (Å²) >= 11 is 0. The maximum Gasteiger partial charge on any atom is 0.254 e. The molecule has 5 nitrogen and oxygen atoms in total. The van der Waals surface area contributed by atoms with E-state index in [4.69, 9.17) is 5.11 Å². The van der Waals surface area contributed by atoms with Crippen LogP contribution in [-0.4, -0.2) is 34.0 Å². The average Bonchev–Trinajstić information content (AvgIpc) is 2.65. The van der Waals surface area contributed by atoms with Crippen LogP contribution in [0.5, 0.6) is 0 Å². The van der Waals surface area contributed by atoms with E-state index in [1.165, 1.54) is 29.2 Å². The first-order chi connectivity index (χ1) is 13.0. The van der Waals surface area contributed by atoms with Gasteiger partial charge in [0.25, 0.3) is 11.5 Å². The first kappa shape index (κ1) is 18.8. The van der Waals surface area contributed by atoms with Gasteiger partial charge < -0.3 is 15.0 Å². The van der Waals surface area contributed by atoms with Gasteiger partial charge in [-0.3, -0.25) is 9.59 Å². The van der Waals surface area contributed by atoms with E-state index in [-0.39, 0.29) is 36.7 Å². The lowest BCUT2D eigenvalue weighted by atomic mass is 10.1. The van der Waals surface area contributed by atoms with Gasteiger partial charge in [0.05, 0.1) is 6.54 Å². The molecule has 0 aliphatic heterocycles. The van der Waals surface area contributed by atoms with E-state index < -0.39 is 5.82 Å². The van der Waals surface area contributed by atoms with E-state index in [9.17, 15) is 14.0 Å². The zero-order chi connectivity index (χ0) is 19.4. The number of nitrogens with one attached hydrogen (secondary N) is 1. The number of nitrogens with zero attached hydrogens (tertiary/aromatic N) is 1. The van der Waals surface area contributed by atoms with Crippen LogP contribution in [0.4, 0.5) is 4.39 Å². The smallest absolute Gasteiger partial charge is 0.254 e. The summed E-state index contributed by atoms with van der Waals surface area (Å²) in [4.78, 5) is 29.6. The largest absolute Gasteiger partial charge is 0.396 e. The van der Waals surface area contributed by atoms with E-state index in [1.807, 2.05) is 25.1 Å². The number of aromatic nitrogens is 1.